The summed E-state index contributed by atoms with van der Waals surface area (Å²) in [5.74, 6) is 0.697. The van der Waals surface area contributed by atoms with Gasteiger partial charge in [-0.15, -0.1) is 0 Å². The van der Waals surface area contributed by atoms with Crippen molar-refractivity contribution in [2.45, 2.75) is 63.3 Å². The Kier molecular flexibility index (Phi) is 7.53. The minimum Gasteiger partial charge on any atom is -0.494 e. The van der Waals surface area contributed by atoms with Crippen LogP contribution in [0, 0.1) is 0 Å². The first kappa shape index (κ1) is 20.2. The zero-order valence-electron chi connectivity index (χ0n) is 16.4. The van der Waals surface area contributed by atoms with Gasteiger partial charge < -0.3 is 20.1 Å². The van der Waals surface area contributed by atoms with Crippen molar-refractivity contribution >= 4 is 5.91 Å². The average molecular weight is 375 g/mol. The second kappa shape index (κ2) is 10.1. The fourth-order valence-corrected chi connectivity index (χ4v) is 4.23. The number of carbonyl (C=O) groups excluding carboxylic acids is 1. The van der Waals surface area contributed by atoms with Crippen molar-refractivity contribution in [1.29, 1.82) is 0 Å². The van der Waals surface area contributed by atoms with Gasteiger partial charge in [0.1, 0.15) is 5.75 Å². The Hall–Kier alpha value is -1.59. The first-order valence-corrected chi connectivity index (χ1v) is 10.6. The summed E-state index contributed by atoms with van der Waals surface area (Å²) in [7, 11) is 0. The third-order valence-corrected chi connectivity index (χ3v) is 5.94. The van der Waals surface area contributed by atoms with Gasteiger partial charge in [-0.05, 0) is 69.5 Å². The van der Waals surface area contributed by atoms with E-state index in [1.165, 1.54) is 38.8 Å². The number of nitrogens with zero attached hydrogens (tertiary/aromatic N) is 1. The van der Waals surface area contributed by atoms with Gasteiger partial charge in [0, 0.05) is 12.1 Å². The zero-order chi connectivity index (χ0) is 19.0. The van der Waals surface area contributed by atoms with E-state index in [1.54, 1.807) is 0 Å². The molecule has 1 aromatic carbocycles. The molecule has 3 rings (SSSR count). The van der Waals surface area contributed by atoms with Crippen molar-refractivity contribution in [2.24, 2.45) is 0 Å². The highest BCUT2D eigenvalue weighted by atomic mass is 16.5. The fourth-order valence-electron chi connectivity index (χ4n) is 4.23. The first-order chi connectivity index (χ1) is 13.2. The van der Waals surface area contributed by atoms with E-state index >= 15 is 0 Å². The van der Waals surface area contributed by atoms with Crippen LogP contribution in [0.2, 0.25) is 0 Å². The molecule has 0 spiro atoms. The number of benzene rings is 1. The number of nitrogens with one attached hydrogen (secondary N) is 1. The van der Waals surface area contributed by atoms with Crippen LogP contribution in [0.1, 0.15) is 68.1 Å². The van der Waals surface area contributed by atoms with Crippen molar-refractivity contribution in [3.63, 3.8) is 0 Å². The lowest BCUT2D eigenvalue weighted by Crippen LogP contribution is -2.52. The van der Waals surface area contributed by atoms with E-state index in [1.807, 2.05) is 24.3 Å². The van der Waals surface area contributed by atoms with Crippen LogP contribution < -0.4 is 10.1 Å². The number of piperidine rings is 1. The van der Waals surface area contributed by atoms with Gasteiger partial charge in [-0.1, -0.05) is 25.7 Å². The molecule has 0 unspecified atom stereocenters. The maximum absolute atomic E-state index is 12.6. The molecule has 2 fully saturated rings. The highest BCUT2D eigenvalue weighted by Crippen LogP contribution is 2.28. The summed E-state index contributed by atoms with van der Waals surface area (Å²) in [6, 6.07) is 7.34. The van der Waals surface area contributed by atoms with Gasteiger partial charge in [-0.3, -0.25) is 4.79 Å². The number of amides is 1. The van der Waals surface area contributed by atoms with E-state index in [4.69, 9.17) is 4.74 Å². The fraction of sp³-hybridized carbons (Fsp3) is 0.682. The maximum atomic E-state index is 12.6. The van der Waals surface area contributed by atoms with Gasteiger partial charge in [0.15, 0.2) is 0 Å². The monoisotopic (exact) mass is 374 g/mol. The van der Waals surface area contributed by atoms with E-state index in [-0.39, 0.29) is 12.5 Å². The Morgan fingerprint density at radius 2 is 1.70 bits per heavy atom. The van der Waals surface area contributed by atoms with Crippen molar-refractivity contribution in [3.05, 3.63) is 29.8 Å². The molecule has 1 saturated carbocycles. The van der Waals surface area contributed by atoms with Crippen molar-refractivity contribution in [3.8, 4) is 5.75 Å². The van der Waals surface area contributed by atoms with Gasteiger partial charge in [0.2, 0.25) is 0 Å². The standard InChI is InChI=1S/C22H34N2O3/c25-18-22(12-3-1-4-13-22)23-21(26)19-8-10-20(11-9-19)27-17-7-16-24-14-5-2-6-15-24/h8-11,25H,1-7,12-18H2,(H,23,26). The predicted octanol–water partition coefficient (Wildman–Crippen LogP) is 3.37. The Morgan fingerprint density at radius 3 is 2.37 bits per heavy atom. The summed E-state index contributed by atoms with van der Waals surface area (Å²) < 4.78 is 5.82. The molecule has 27 heavy (non-hydrogen) atoms. The molecule has 2 N–H and O–H groups in total. The minimum atomic E-state index is -0.445. The third-order valence-electron chi connectivity index (χ3n) is 5.94. The number of likely N-dealkylation sites (tertiary alicyclic amines) is 1. The molecule has 0 radical (unpaired) electrons. The van der Waals surface area contributed by atoms with E-state index < -0.39 is 5.54 Å². The second-order valence-electron chi connectivity index (χ2n) is 8.08. The first-order valence-electron chi connectivity index (χ1n) is 10.6. The molecule has 150 valence electrons. The van der Waals surface area contributed by atoms with E-state index in [9.17, 15) is 9.90 Å². The van der Waals surface area contributed by atoms with Crippen molar-refractivity contribution in [1.82, 2.24) is 10.2 Å². The summed E-state index contributed by atoms with van der Waals surface area (Å²) >= 11 is 0. The Labute approximate surface area is 163 Å². The van der Waals surface area contributed by atoms with Gasteiger partial charge >= 0.3 is 0 Å². The second-order valence-corrected chi connectivity index (χ2v) is 8.08. The van der Waals surface area contributed by atoms with Crippen LogP contribution in [0.25, 0.3) is 0 Å². The van der Waals surface area contributed by atoms with Crippen LogP contribution in [-0.2, 0) is 0 Å². The highest BCUT2D eigenvalue weighted by molar-refractivity contribution is 5.94. The van der Waals surface area contributed by atoms with Crippen LogP contribution in [0.5, 0.6) is 5.75 Å². The number of hydrogen-bond donors (Lipinski definition) is 2. The molecule has 0 aromatic heterocycles. The SMILES string of the molecule is O=C(NC1(CO)CCCCC1)c1ccc(OCCCN2CCCCC2)cc1. The summed E-state index contributed by atoms with van der Waals surface area (Å²) in [5, 5.41) is 12.8. The minimum absolute atomic E-state index is 0.0109. The number of hydrogen-bond acceptors (Lipinski definition) is 4. The number of aliphatic hydroxyl groups excluding tert-OH is 1. The summed E-state index contributed by atoms with van der Waals surface area (Å²) in [6.45, 7) is 4.26. The lowest BCUT2D eigenvalue weighted by atomic mass is 9.82. The molecule has 5 heteroatoms. The highest BCUT2D eigenvalue weighted by Gasteiger charge is 2.33. The molecule has 1 aliphatic heterocycles. The molecule has 1 aromatic rings. The van der Waals surface area contributed by atoms with Crippen molar-refractivity contribution in [2.75, 3.05) is 32.8 Å². The van der Waals surface area contributed by atoms with Crippen molar-refractivity contribution < 1.29 is 14.6 Å². The maximum Gasteiger partial charge on any atom is 0.251 e. The quantitative estimate of drug-likeness (QED) is 0.685. The smallest absolute Gasteiger partial charge is 0.251 e. The molecule has 1 aliphatic carbocycles. The predicted molar refractivity (Wildman–Crippen MR) is 107 cm³/mol. The van der Waals surface area contributed by atoms with Crippen LogP contribution >= 0.6 is 0 Å². The summed E-state index contributed by atoms with van der Waals surface area (Å²) in [6.07, 6.45) is 10.1. The van der Waals surface area contributed by atoms with Gasteiger partial charge in [-0.25, -0.2) is 0 Å². The summed E-state index contributed by atoms with van der Waals surface area (Å²) in [5.41, 5.74) is 0.174. The van der Waals surface area contributed by atoms with Gasteiger partial charge in [0.25, 0.3) is 5.91 Å². The Balaban J connectivity index is 1.42. The van der Waals surface area contributed by atoms with E-state index in [0.717, 1.165) is 44.4 Å². The molecular weight excluding hydrogens is 340 g/mol. The summed E-state index contributed by atoms with van der Waals surface area (Å²) in [4.78, 5) is 15.1. The Bertz CT molecular complexity index is 576. The van der Waals surface area contributed by atoms with Crippen LogP contribution in [-0.4, -0.2) is 54.3 Å². The van der Waals surface area contributed by atoms with E-state index in [0.29, 0.717) is 12.2 Å². The molecule has 2 aliphatic rings. The molecule has 1 heterocycles. The third kappa shape index (κ3) is 5.94. The lowest BCUT2D eigenvalue weighted by Gasteiger charge is -2.36. The molecular formula is C22H34N2O3. The molecule has 1 amide bonds. The largest absolute Gasteiger partial charge is 0.494 e. The molecule has 0 atom stereocenters. The van der Waals surface area contributed by atoms with Crippen LogP contribution in [0.15, 0.2) is 24.3 Å². The normalized spacial score (nSPS) is 20.2. The van der Waals surface area contributed by atoms with Gasteiger partial charge in [0.05, 0.1) is 18.8 Å². The van der Waals surface area contributed by atoms with Gasteiger partial charge in [-0.2, -0.15) is 0 Å². The molecule has 1 saturated heterocycles. The van der Waals surface area contributed by atoms with Crippen LogP contribution in [0.4, 0.5) is 0 Å². The topological polar surface area (TPSA) is 61.8 Å². The number of ether oxygens (including phenoxy) is 1. The van der Waals surface area contributed by atoms with Crippen LogP contribution in [0.3, 0.4) is 0 Å². The number of rotatable bonds is 8. The average Bonchev–Trinajstić information content (AvgIpc) is 2.73. The molecule has 0 bridgehead atoms. The zero-order valence-corrected chi connectivity index (χ0v) is 16.4. The lowest BCUT2D eigenvalue weighted by molar-refractivity contribution is 0.0758. The van der Waals surface area contributed by atoms with E-state index in [2.05, 4.69) is 10.2 Å². The molecule has 5 nitrogen and oxygen atoms in total. The Morgan fingerprint density at radius 1 is 1.04 bits per heavy atom. The number of carbonyl (C=O) groups is 1. The number of aliphatic hydroxyl groups is 1.